The predicted octanol–water partition coefficient (Wildman–Crippen LogP) is 5.71. The van der Waals surface area contributed by atoms with Crippen LogP contribution in [0.3, 0.4) is 0 Å². The number of nitrogens with one attached hydrogen (secondary N) is 1. The number of nitrogens with zero attached hydrogens (tertiary/aromatic N) is 4. The third kappa shape index (κ3) is 3.99. The summed E-state index contributed by atoms with van der Waals surface area (Å²) in [7, 11) is 0. The zero-order valence-electron chi connectivity index (χ0n) is 19.6. The predicted molar refractivity (Wildman–Crippen MR) is 135 cm³/mol. The van der Waals surface area contributed by atoms with E-state index in [1.54, 1.807) is 0 Å². The molecule has 6 heteroatoms. The molecule has 1 amide bonds. The Bertz CT molecular complexity index is 1450. The zero-order valence-corrected chi connectivity index (χ0v) is 19.6. The summed E-state index contributed by atoms with van der Waals surface area (Å²) >= 11 is 0. The van der Waals surface area contributed by atoms with Crippen LogP contribution in [0, 0.1) is 6.92 Å². The minimum absolute atomic E-state index is 0.123. The molecule has 0 saturated heterocycles. The number of fused-ring (bicyclic) bond motifs is 1. The molecule has 0 aliphatic heterocycles. The van der Waals surface area contributed by atoms with Gasteiger partial charge in [-0.05, 0) is 62.7 Å². The number of benzene rings is 2. The van der Waals surface area contributed by atoms with Crippen LogP contribution in [0.15, 0.2) is 85.3 Å². The maximum absolute atomic E-state index is 13.5. The summed E-state index contributed by atoms with van der Waals surface area (Å²) < 4.78 is 3.99. The molecule has 1 unspecified atom stereocenters. The standard InChI is InChI=1S/C28H27N5O/c1-4-33-20(3)25(18-29-33)27-17-24(23-9-5-6-10-26(23)31-27)28(34)30-19(2)21-11-13-22(14-12-21)32-15-7-8-16-32/h5-19H,4H2,1-3H3,(H,30,34). The molecule has 0 spiro atoms. The highest BCUT2D eigenvalue weighted by Crippen LogP contribution is 2.27. The lowest BCUT2D eigenvalue weighted by Crippen LogP contribution is -2.27. The van der Waals surface area contributed by atoms with Gasteiger partial charge in [-0.3, -0.25) is 9.48 Å². The molecule has 1 N–H and O–H groups in total. The summed E-state index contributed by atoms with van der Waals surface area (Å²) in [6, 6.07) is 21.7. The van der Waals surface area contributed by atoms with Crippen LogP contribution < -0.4 is 5.32 Å². The van der Waals surface area contributed by atoms with Crippen LogP contribution in [-0.2, 0) is 6.54 Å². The number of carbonyl (C=O) groups is 1. The Hall–Kier alpha value is -4.19. The van der Waals surface area contributed by atoms with Crippen molar-refractivity contribution in [2.24, 2.45) is 0 Å². The van der Waals surface area contributed by atoms with E-state index in [1.165, 1.54) is 0 Å². The molecule has 170 valence electrons. The van der Waals surface area contributed by atoms with Gasteiger partial charge in [-0.1, -0.05) is 30.3 Å². The maximum atomic E-state index is 13.5. The van der Waals surface area contributed by atoms with Gasteiger partial charge >= 0.3 is 0 Å². The molecular weight excluding hydrogens is 422 g/mol. The number of aryl methyl sites for hydroxylation is 1. The molecular formula is C28H27N5O. The van der Waals surface area contributed by atoms with Crippen LogP contribution >= 0.6 is 0 Å². The van der Waals surface area contributed by atoms with Crippen molar-refractivity contribution in [2.75, 3.05) is 0 Å². The highest BCUT2D eigenvalue weighted by Gasteiger charge is 2.18. The van der Waals surface area contributed by atoms with E-state index in [4.69, 9.17) is 4.98 Å². The van der Waals surface area contributed by atoms with Gasteiger partial charge in [0.05, 0.1) is 29.0 Å². The molecule has 0 saturated carbocycles. The number of carbonyl (C=O) groups excluding carboxylic acids is 1. The second-order valence-corrected chi connectivity index (χ2v) is 8.41. The van der Waals surface area contributed by atoms with E-state index in [0.717, 1.165) is 45.6 Å². The summed E-state index contributed by atoms with van der Waals surface area (Å²) in [5, 5.41) is 8.46. The van der Waals surface area contributed by atoms with Crippen molar-refractivity contribution >= 4 is 16.8 Å². The number of para-hydroxylation sites is 1. The Morgan fingerprint density at radius 2 is 1.76 bits per heavy atom. The Balaban J connectivity index is 1.46. The SMILES string of the molecule is CCn1ncc(-c2cc(C(=O)NC(C)c3ccc(-n4cccc4)cc3)c3ccccc3n2)c1C. The van der Waals surface area contributed by atoms with E-state index >= 15 is 0 Å². The second kappa shape index (κ2) is 8.98. The van der Waals surface area contributed by atoms with Gasteiger partial charge < -0.3 is 9.88 Å². The van der Waals surface area contributed by atoms with Gasteiger partial charge in [0.1, 0.15) is 0 Å². The number of amides is 1. The lowest BCUT2D eigenvalue weighted by molar-refractivity contribution is 0.0941. The fourth-order valence-corrected chi connectivity index (χ4v) is 4.32. The molecule has 3 aromatic heterocycles. The summed E-state index contributed by atoms with van der Waals surface area (Å²) in [5.74, 6) is -0.123. The van der Waals surface area contributed by atoms with Crippen molar-refractivity contribution in [3.8, 4) is 16.9 Å². The quantitative estimate of drug-likeness (QED) is 0.361. The number of pyridine rings is 1. The van der Waals surface area contributed by atoms with E-state index in [1.807, 2.05) is 79.6 Å². The van der Waals surface area contributed by atoms with Gasteiger partial charge in [0.2, 0.25) is 0 Å². The number of hydrogen-bond donors (Lipinski definition) is 1. The minimum atomic E-state index is -0.147. The Kier molecular flexibility index (Phi) is 5.72. The fourth-order valence-electron chi connectivity index (χ4n) is 4.32. The maximum Gasteiger partial charge on any atom is 0.252 e. The third-order valence-corrected chi connectivity index (χ3v) is 6.28. The average molecular weight is 450 g/mol. The summed E-state index contributed by atoms with van der Waals surface area (Å²) in [4.78, 5) is 18.3. The Morgan fingerprint density at radius 1 is 1.03 bits per heavy atom. The van der Waals surface area contributed by atoms with Crippen LogP contribution in [0.25, 0.3) is 27.8 Å². The van der Waals surface area contributed by atoms with Crippen LogP contribution in [0.2, 0.25) is 0 Å². The van der Waals surface area contributed by atoms with Crippen LogP contribution in [-0.4, -0.2) is 25.2 Å². The molecule has 6 nitrogen and oxygen atoms in total. The first-order valence-electron chi connectivity index (χ1n) is 11.5. The van der Waals surface area contributed by atoms with Crippen molar-refractivity contribution in [1.29, 1.82) is 0 Å². The van der Waals surface area contributed by atoms with E-state index < -0.39 is 0 Å². The molecule has 3 heterocycles. The number of aromatic nitrogens is 4. The first-order valence-corrected chi connectivity index (χ1v) is 11.5. The largest absolute Gasteiger partial charge is 0.345 e. The summed E-state index contributed by atoms with van der Waals surface area (Å²) in [6.07, 6.45) is 5.85. The normalized spacial score (nSPS) is 12.1. The lowest BCUT2D eigenvalue weighted by atomic mass is 10.0. The summed E-state index contributed by atoms with van der Waals surface area (Å²) in [5.41, 5.74) is 6.26. The van der Waals surface area contributed by atoms with E-state index in [9.17, 15) is 4.79 Å². The second-order valence-electron chi connectivity index (χ2n) is 8.41. The van der Waals surface area contributed by atoms with Gasteiger partial charge in [-0.2, -0.15) is 5.10 Å². The smallest absolute Gasteiger partial charge is 0.252 e. The molecule has 5 aromatic rings. The van der Waals surface area contributed by atoms with Crippen molar-refractivity contribution in [2.45, 2.75) is 33.4 Å². The molecule has 0 fully saturated rings. The minimum Gasteiger partial charge on any atom is -0.345 e. The van der Waals surface area contributed by atoms with Gasteiger partial charge in [-0.15, -0.1) is 0 Å². The monoisotopic (exact) mass is 449 g/mol. The number of hydrogen-bond acceptors (Lipinski definition) is 3. The van der Waals surface area contributed by atoms with Crippen LogP contribution in [0.5, 0.6) is 0 Å². The van der Waals surface area contributed by atoms with Gasteiger partial charge in [0.25, 0.3) is 5.91 Å². The fraction of sp³-hybridized carbons (Fsp3) is 0.179. The third-order valence-electron chi connectivity index (χ3n) is 6.28. The summed E-state index contributed by atoms with van der Waals surface area (Å²) in [6.45, 7) is 6.88. The highest BCUT2D eigenvalue weighted by atomic mass is 16.1. The van der Waals surface area contributed by atoms with Crippen LogP contribution in [0.1, 0.15) is 41.5 Å². The lowest BCUT2D eigenvalue weighted by Gasteiger charge is -2.17. The molecule has 0 aliphatic rings. The van der Waals surface area contributed by atoms with E-state index in [-0.39, 0.29) is 11.9 Å². The molecule has 5 rings (SSSR count). The van der Waals surface area contributed by atoms with E-state index in [0.29, 0.717) is 5.56 Å². The van der Waals surface area contributed by atoms with Crippen molar-refractivity contribution in [3.63, 3.8) is 0 Å². The highest BCUT2D eigenvalue weighted by molar-refractivity contribution is 6.07. The van der Waals surface area contributed by atoms with Gasteiger partial charge in [0.15, 0.2) is 0 Å². The van der Waals surface area contributed by atoms with Crippen molar-refractivity contribution in [3.05, 3.63) is 102 Å². The van der Waals surface area contributed by atoms with Crippen molar-refractivity contribution in [1.82, 2.24) is 24.6 Å². The zero-order chi connectivity index (χ0) is 23.7. The Labute approximate surface area is 198 Å². The van der Waals surface area contributed by atoms with Crippen LogP contribution in [0.4, 0.5) is 0 Å². The molecule has 2 aromatic carbocycles. The molecule has 0 aliphatic carbocycles. The van der Waals surface area contributed by atoms with E-state index in [2.05, 4.69) is 46.2 Å². The first kappa shape index (κ1) is 21.6. The van der Waals surface area contributed by atoms with Crippen molar-refractivity contribution < 1.29 is 4.79 Å². The Morgan fingerprint density at radius 3 is 2.47 bits per heavy atom. The van der Waals surface area contributed by atoms with Gasteiger partial charge in [0, 0.05) is 41.3 Å². The molecule has 0 bridgehead atoms. The number of rotatable bonds is 6. The van der Waals surface area contributed by atoms with Gasteiger partial charge in [-0.25, -0.2) is 4.98 Å². The topological polar surface area (TPSA) is 64.7 Å². The first-order chi connectivity index (χ1) is 16.5. The molecule has 0 radical (unpaired) electrons. The average Bonchev–Trinajstić information content (AvgIpc) is 3.53. The molecule has 34 heavy (non-hydrogen) atoms. The molecule has 1 atom stereocenters.